The lowest BCUT2D eigenvalue weighted by atomic mass is 10.1. The monoisotopic (exact) mass is 327 g/mol. The third kappa shape index (κ3) is 6.20. The minimum absolute atomic E-state index is 0.0330. The molecule has 0 radical (unpaired) electrons. The van der Waals surface area contributed by atoms with Crippen molar-refractivity contribution in [3.63, 3.8) is 0 Å². The zero-order valence-corrected chi connectivity index (χ0v) is 12.4. The van der Waals surface area contributed by atoms with Crippen molar-refractivity contribution < 1.29 is 30.0 Å². The molecule has 0 fully saturated rings. The summed E-state index contributed by atoms with van der Waals surface area (Å²) in [6, 6.07) is 3.89. The SMILES string of the molecule is Nc1cc(C(=O)NC(O)CCO)cc(C(=O)NC(O)CCO)c1. The molecule has 0 heterocycles. The first-order chi connectivity index (χ1) is 10.9. The van der Waals surface area contributed by atoms with Gasteiger partial charge in [0.2, 0.25) is 0 Å². The van der Waals surface area contributed by atoms with Gasteiger partial charge in [-0.15, -0.1) is 0 Å². The van der Waals surface area contributed by atoms with Crippen LogP contribution in [0.5, 0.6) is 0 Å². The summed E-state index contributed by atoms with van der Waals surface area (Å²) >= 11 is 0. The van der Waals surface area contributed by atoms with Crippen LogP contribution in [0, 0.1) is 0 Å². The molecule has 2 atom stereocenters. The molecule has 0 aliphatic carbocycles. The maximum absolute atomic E-state index is 12.0. The largest absolute Gasteiger partial charge is 0.399 e. The highest BCUT2D eigenvalue weighted by Gasteiger charge is 2.16. The van der Waals surface area contributed by atoms with E-state index >= 15 is 0 Å². The third-order valence-electron chi connectivity index (χ3n) is 2.88. The molecule has 0 aromatic heterocycles. The van der Waals surface area contributed by atoms with Crippen molar-refractivity contribution in [1.29, 1.82) is 0 Å². The molecule has 128 valence electrons. The lowest BCUT2D eigenvalue weighted by molar-refractivity contribution is 0.0702. The molecule has 1 aromatic carbocycles. The number of benzene rings is 1. The van der Waals surface area contributed by atoms with E-state index < -0.39 is 24.3 Å². The van der Waals surface area contributed by atoms with Crippen LogP contribution in [-0.4, -0.2) is 57.9 Å². The number of hydrogen-bond acceptors (Lipinski definition) is 7. The fourth-order valence-corrected chi connectivity index (χ4v) is 1.77. The number of hydrogen-bond donors (Lipinski definition) is 7. The van der Waals surface area contributed by atoms with Gasteiger partial charge in [-0.05, 0) is 18.2 Å². The van der Waals surface area contributed by atoms with Gasteiger partial charge < -0.3 is 36.8 Å². The Morgan fingerprint density at radius 2 is 1.30 bits per heavy atom. The van der Waals surface area contributed by atoms with Crippen LogP contribution in [0.15, 0.2) is 18.2 Å². The van der Waals surface area contributed by atoms with Crippen LogP contribution in [0.3, 0.4) is 0 Å². The molecule has 0 spiro atoms. The number of carbonyl (C=O) groups excluding carboxylic acids is 2. The fraction of sp³-hybridized carbons (Fsp3) is 0.429. The first kappa shape index (κ1) is 18.8. The van der Waals surface area contributed by atoms with Crippen LogP contribution >= 0.6 is 0 Å². The lowest BCUT2D eigenvalue weighted by Gasteiger charge is -2.14. The zero-order chi connectivity index (χ0) is 17.4. The Morgan fingerprint density at radius 1 is 0.913 bits per heavy atom. The quantitative estimate of drug-likeness (QED) is 0.217. The zero-order valence-electron chi connectivity index (χ0n) is 12.4. The van der Waals surface area contributed by atoms with Gasteiger partial charge in [0.1, 0.15) is 12.5 Å². The molecule has 1 rings (SSSR count). The minimum atomic E-state index is -1.22. The molecule has 2 unspecified atom stereocenters. The van der Waals surface area contributed by atoms with Gasteiger partial charge in [0.15, 0.2) is 0 Å². The van der Waals surface area contributed by atoms with E-state index in [1.807, 2.05) is 0 Å². The molecule has 0 saturated carbocycles. The second kappa shape index (κ2) is 9.06. The number of aliphatic hydroxyl groups is 4. The van der Waals surface area contributed by atoms with Crippen LogP contribution in [0.4, 0.5) is 5.69 Å². The molecule has 8 N–H and O–H groups in total. The molecular formula is C14H21N3O6. The van der Waals surface area contributed by atoms with E-state index in [9.17, 15) is 19.8 Å². The summed E-state index contributed by atoms with van der Waals surface area (Å²) in [5.41, 5.74) is 5.89. The standard InChI is InChI=1S/C14H21N3O6/c15-10-6-8(13(22)16-11(20)1-3-18)5-9(7-10)14(23)17-12(21)2-4-19/h5-7,11-12,18-21H,1-4,15H2,(H,16,22)(H,17,23). The molecule has 9 heteroatoms. The molecule has 0 saturated heterocycles. The minimum Gasteiger partial charge on any atom is -0.399 e. The highest BCUT2D eigenvalue weighted by atomic mass is 16.3. The Bertz CT molecular complexity index is 507. The topological polar surface area (TPSA) is 165 Å². The van der Waals surface area contributed by atoms with Crippen molar-refractivity contribution >= 4 is 17.5 Å². The molecule has 2 amide bonds. The van der Waals surface area contributed by atoms with Gasteiger partial charge >= 0.3 is 0 Å². The summed E-state index contributed by atoms with van der Waals surface area (Å²) in [7, 11) is 0. The second-order valence-corrected chi connectivity index (χ2v) is 4.85. The van der Waals surface area contributed by atoms with E-state index in [4.69, 9.17) is 15.9 Å². The van der Waals surface area contributed by atoms with Crippen molar-refractivity contribution in [3.8, 4) is 0 Å². The summed E-state index contributed by atoms with van der Waals surface area (Å²) in [5.74, 6) is -1.33. The number of rotatable bonds is 8. The van der Waals surface area contributed by atoms with Gasteiger partial charge in [-0.25, -0.2) is 0 Å². The lowest BCUT2D eigenvalue weighted by Crippen LogP contribution is -2.36. The Labute approximate surface area is 132 Å². The third-order valence-corrected chi connectivity index (χ3v) is 2.88. The fourth-order valence-electron chi connectivity index (χ4n) is 1.77. The van der Waals surface area contributed by atoms with E-state index in [2.05, 4.69) is 10.6 Å². The van der Waals surface area contributed by atoms with E-state index in [1.165, 1.54) is 18.2 Å². The van der Waals surface area contributed by atoms with E-state index in [0.29, 0.717) is 0 Å². The second-order valence-electron chi connectivity index (χ2n) is 4.85. The Morgan fingerprint density at radius 3 is 1.65 bits per heavy atom. The first-order valence-electron chi connectivity index (χ1n) is 6.97. The maximum atomic E-state index is 12.0. The molecule has 0 aliphatic heterocycles. The Balaban J connectivity index is 2.86. The normalized spacial score (nSPS) is 13.2. The number of nitrogen functional groups attached to an aromatic ring is 1. The van der Waals surface area contributed by atoms with Crippen LogP contribution in [0.2, 0.25) is 0 Å². The molecule has 0 bridgehead atoms. The summed E-state index contributed by atoms with van der Waals surface area (Å²) < 4.78 is 0. The number of aliphatic hydroxyl groups excluding tert-OH is 4. The van der Waals surface area contributed by atoms with Crippen molar-refractivity contribution in [2.75, 3.05) is 18.9 Å². The predicted molar refractivity (Wildman–Crippen MR) is 81.2 cm³/mol. The number of nitrogens with two attached hydrogens (primary N) is 1. The van der Waals surface area contributed by atoms with Crippen LogP contribution < -0.4 is 16.4 Å². The molecule has 0 aliphatic rings. The van der Waals surface area contributed by atoms with Gasteiger partial charge in [0.05, 0.1) is 0 Å². The summed E-state index contributed by atoms with van der Waals surface area (Å²) in [6.45, 7) is -0.594. The highest BCUT2D eigenvalue weighted by molar-refractivity contribution is 6.01. The number of anilines is 1. The number of amides is 2. The van der Waals surface area contributed by atoms with Gasteiger partial charge in [-0.1, -0.05) is 0 Å². The summed E-state index contributed by atoms with van der Waals surface area (Å²) in [5, 5.41) is 40.7. The van der Waals surface area contributed by atoms with Crippen LogP contribution in [0.1, 0.15) is 33.6 Å². The van der Waals surface area contributed by atoms with E-state index in [-0.39, 0.29) is 42.9 Å². The number of carbonyl (C=O) groups is 2. The van der Waals surface area contributed by atoms with Crippen LogP contribution in [0.25, 0.3) is 0 Å². The van der Waals surface area contributed by atoms with Gasteiger partial charge in [0.25, 0.3) is 11.8 Å². The van der Waals surface area contributed by atoms with Crippen LogP contribution in [-0.2, 0) is 0 Å². The molecule has 23 heavy (non-hydrogen) atoms. The van der Waals surface area contributed by atoms with E-state index in [0.717, 1.165) is 0 Å². The summed E-state index contributed by atoms with van der Waals surface area (Å²) in [4.78, 5) is 23.9. The maximum Gasteiger partial charge on any atom is 0.253 e. The van der Waals surface area contributed by atoms with Gasteiger partial charge in [0, 0.05) is 42.9 Å². The van der Waals surface area contributed by atoms with Crippen molar-refractivity contribution in [3.05, 3.63) is 29.3 Å². The average Bonchev–Trinajstić information content (AvgIpc) is 2.46. The Hall–Kier alpha value is -2.20. The highest BCUT2D eigenvalue weighted by Crippen LogP contribution is 2.13. The summed E-state index contributed by atoms with van der Waals surface area (Å²) in [6.07, 6.45) is -2.51. The van der Waals surface area contributed by atoms with Gasteiger partial charge in [-0.2, -0.15) is 0 Å². The van der Waals surface area contributed by atoms with Crippen molar-refractivity contribution in [2.45, 2.75) is 25.3 Å². The predicted octanol–water partition coefficient (Wildman–Crippen LogP) is -1.87. The molecular weight excluding hydrogens is 306 g/mol. The smallest absolute Gasteiger partial charge is 0.253 e. The average molecular weight is 327 g/mol. The van der Waals surface area contributed by atoms with Gasteiger partial charge in [-0.3, -0.25) is 9.59 Å². The molecule has 1 aromatic rings. The Kier molecular flexibility index (Phi) is 7.42. The molecule has 9 nitrogen and oxygen atoms in total. The first-order valence-corrected chi connectivity index (χ1v) is 6.97. The van der Waals surface area contributed by atoms with Crippen molar-refractivity contribution in [1.82, 2.24) is 10.6 Å². The van der Waals surface area contributed by atoms with E-state index in [1.54, 1.807) is 0 Å². The number of nitrogens with one attached hydrogen (secondary N) is 2. The van der Waals surface area contributed by atoms with Crippen molar-refractivity contribution in [2.24, 2.45) is 0 Å².